The molecule has 6 rings (SSSR count). The van der Waals surface area contributed by atoms with Crippen molar-refractivity contribution in [1.29, 1.82) is 5.26 Å². The summed E-state index contributed by atoms with van der Waals surface area (Å²) in [6.45, 7) is 1.96. The monoisotopic (exact) mass is 451 g/mol. The molecule has 1 fully saturated rings. The highest BCUT2D eigenvalue weighted by atomic mass is 19.1. The maximum absolute atomic E-state index is 14.6. The molecule has 0 amide bonds. The molecule has 2 aromatic carbocycles. The summed E-state index contributed by atoms with van der Waals surface area (Å²) in [4.78, 5) is 12.1. The summed E-state index contributed by atoms with van der Waals surface area (Å²) in [5.41, 5.74) is 5.02. The van der Waals surface area contributed by atoms with E-state index in [0.29, 0.717) is 17.0 Å². The molecule has 0 aliphatic carbocycles. The van der Waals surface area contributed by atoms with Crippen LogP contribution in [0.3, 0.4) is 0 Å². The van der Waals surface area contributed by atoms with E-state index in [1.54, 1.807) is 6.07 Å². The molecule has 0 bridgehead atoms. The van der Waals surface area contributed by atoms with Crippen LogP contribution in [0.2, 0.25) is 0 Å². The number of aryl methyl sites for hydroxylation is 1. The Morgan fingerprint density at radius 2 is 1.88 bits per heavy atom. The van der Waals surface area contributed by atoms with Crippen molar-refractivity contribution >= 4 is 27.8 Å². The van der Waals surface area contributed by atoms with Crippen LogP contribution >= 0.6 is 0 Å². The molecule has 34 heavy (non-hydrogen) atoms. The highest BCUT2D eigenvalue weighted by Crippen LogP contribution is 2.34. The Bertz CT molecular complexity index is 1580. The van der Waals surface area contributed by atoms with Gasteiger partial charge in [-0.3, -0.25) is 9.25 Å². The smallest absolute Gasteiger partial charge is 0.167 e. The molecule has 0 unspecified atom stereocenters. The fourth-order valence-corrected chi connectivity index (χ4v) is 4.82. The van der Waals surface area contributed by atoms with Gasteiger partial charge in [0.1, 0.15) is 23.2 Å². The summed E-state index contributed by atoms with van der Waals surface area (Å²) in [5, 5.41) is 14.5. The molecule has 0 spiro atoms. The van der Waals surface area contributed by atoms with E-state index < -0.39 is 5.82 Å². The van der Waals surface area contributed by atoms with Gasteiger partial charge in [-0.2, -0.15) is 10.4 Å². The molecule has 168 valence electrons. The summed E-state index contributed by atoms with van der Waals surface area (Å²) >= 11 is 0. The number of rotatable bonds is 3. The van der Waals surface area contributed by atoms with Crippen molar-refractivity contribution in [2.24, 2.45) is 7.05 Å². The van der Waals surface area contributed by atoms with Gasteiger partial charge in [-0.1, -0.05) is 0 Å². The van der Waals surface area contributed by atoms with Gasteiger partial charge < -0.3 is 4.90 Å². The average molecular weight is 452 g/mol. The standard InChI is InChI=1S/C26H22FN7/c1-32-22-8-7-20(13-19(22)16-30-32)34-25(17-5-6-18(15-28)21(27)14-17)31-24-23(9-10-29-26(24)34)33-11-3-2-4-12-33/h5-10,13-14,16H,2-4,11-12H2,1H3. The van der Waals surface area contributed by atoms with Crippen LogP contribution in [0.1, 0.15) is 24.8 Å². The number of pyridine rings is 1. The summed E-state index contributed by atoms with van der Waals surface area (Å²) in [6, 6.07) is 14.6. The van der Waals surface area contributed by atoms with Crippen molar-refractivity contribution in [3.05, 3.63) is 66.2 Å². The molecule has 4 heterocycles. The quantitative estimate of drug-likeness (QED) is 0.387. The number of nitrogens with zero attached hydrogens (tertiary/aromatic N) is 7. The van der Waals surface area contributed by atoms with Gasteiger partial charge in [0.05, 0.1) is 23.0 Å². The van der Waals surface area contributed by atoms with Crippen molar-refractivity contribution in [3.63, 3.8) is 0 Å². The van der Waals surface area contributed by atoms with Crippen molar-refractivity contribution < 1.29 is 4.39 Å². The first-order chi connectivity index (χ1) is 16.6. The Kier molecular flexibility index (Phi) is 4.77. The number of fused-ring (bicyclic) bond motifs is 2. The van der Waals surface area contributed by atoms with E-state index in [-0.39, 0.29) is 5.56 Å². The van der Waals surface area contributed by atoms with Crippen molar-refractivity contribution in [2.75, 3.05) is 18.0 Å². The molecule has 5 aromatic rings. The molecule has 0 atom stereocenters. The number of piperidine rings is 1. The predicted octanol–water partition coefficient (Wildman–Crippen LogP) is 4.98. The number of nitriles is 1. The lowest BCUT2D eigenvalue weighted by atomic mass is 10.1. The van der Waals surface area contributed by atoms with Crippen LogP contribution in [-0.4, -0.2) is 37.4 Å². The van der Waals surface area contributed by atoms with Crippen LogP contribution in [0.15, 0.2) is 54.9 Å². The first-order valence-electron chi connectivity index (χ1n) is 11.4. The third kappa shape index (κ3) is 3.20. The molecule has 8 heteroatoms. The molecule has 0 radical (unpaired) electrons. The van der Waals surface area contributed by atoms with Gasteiger partial charge in [0.25, 0.3) is 0 Å². The number of hydrogen-bond donors (Lipinski definition) is 0. The minimum absolute atomic E-state index is 0.00956. The van der Waals surface area contributed by atoms with E-state index in [1.807, 2.05) is 59.0 Å². The van der Waals surface area contributed by atoms with Crippen molar-refractivity contribution in [3.8, 4) is 23.1 Å². The fraction of sp³-hybridized carbons (Fsp3) is 0.231. The Morgan fingerprint density at radius 1 is 1.03 bits per heavy atom. The van der Waals surface area contributed by atoms with Crippen molar-refractivity contribution in [1.82, 2.24) is 24.3 Å². The lowest BCUT2D eigenvalue weighted by Gasteiger charge is -2.28. The van der Waals surface area contributed by atoms with E-state index in [4.69, 9.17) is 9.97 Å². The molecule has 1 aliphatic heterocycles. The van der Waals surface area contributed by atoms with E-state index in [2.05, 4.69) is 10.00 Å². The molecule has 1 aliphatic rings. The number of benzene rings is 2. The molecule has 3 aromatic heterocycles. The molecular formula is C26H22FN7. The third-order valence-electron chi connectivity index (χ3n) is 6.56. The van der Waals surface area contributed by atoms with Gasteiger partial charge in [0.15, 0.2) is 5.65 Å². The first-order valence-corrected chi connectivity index (χ1v) is 11.4. The van der Waals surface area contributed by atoms with Gasteiger partial charge in [0, 0.05) is 43.0 Å². The number of imidazole rings is 1. The predicted molar refractivity (Wildman–Crippen MR) is 129 cm³/mol. The van der Waals surface area contributed by atoms with E-state index in [1.165, 1.54) is 18.6 Å². The van der Waals surface area contributed by atoms with Gasteiger partial charge >= 0.3 is 0 Å². The number of anilines is 1. The summed E-state index contributed by atoms with van der Waals surface area (Å²) in [7, 11) is 1.91. The topological polar surface area (TPSA) is 75.6 Å². The Labute approximate surface area is 195 Å². The Hall–Kier alpha value is -4.25. The number of hydrogen-bond acceptors (Lipinski definition) is 5. The van der Waals surface area contributed by atoms with Gasteiger partial charge in [-0.15, -0.1) is 0 Å². The summed E-state index contributed by atoms with van der Waals surface area (Å²) in [5.74, 6) is 0.0177. The maximum atomic E-state index is 14.6. The van der Waals surface area contributed by atoms with Gasteiger partial charge in [-0.05, 0) is 61.7 Å². The van der Waals surface area contributed by atoms with Gasteiger partial charge in [0.2, 0.25) is 0 Å². The van der Waals surface area contributed by atoms with E-state index >= 15 is 0 Å². The van der Waals surface area contributed by atoms with Crippen LogP contribution in [-0.2, 0) is 7.05 Å². The lowest BCUT2D eigenvalue weighted by molar-refractivity contribution is 0.578. The average Bonchev–Trinajstić information content (AvgIpc) is 3.45. The zero-order valence-electron chi connectivity index (χ0n) is 18.7. The van der Waals surface area contributed by atoms with Gasteiger partial charge in [-0.25, -0.2) is 14.4 Å². The van der Waals surface area contributed by atoms with Crippen LogP contribution in [0.4, 0.5) is 10.1 Å². The molecule has 0 saturated carbocycles. The first kappa shape index (κ1) is 20.4. The molecule has 7 nitrogen and oxygen atoms in total. The second-order valence-electron chi connectivity index (χ2n) is 8.64. The molecule has 0 N–H and O–H groups in total. The minimum atomic E-state index is -0.564. The highest BCUT2D eigenvalue weighted by Gasteiger charge is 2.22. The van der Waals surface area contributed by atoms with Crippen molar-refractivity contribution in [2.45, 2.75) is 19.3 Å². The fourth-order valence-electron chi connectivity index (χ4n) is 4.82. The van der Waals surface area contributed by atoms with E-state index in [0.717, 1.165) is 53.7 Å². The summed E-state index contributed by atoms with van der Waals surface area (Å²) < 4.78 is 18.4. The maximum Gasteiger partial charge on any atom is 0.167 e. The number of halogens is 1. The molecular weight excluding hydrogens is 429 g/mol. The lowest BCUT2D eigenvalue weighted by Crippen LogP contribution is -2.29. The summed E-state index contributed by atoms with van der Waals surface area (Å²) in [6.07, 6.45) is 7.17. The number of aromatic nitrogens is 5. The zero-order valence-corrected chi connectivity index (χ0v) is 18.7. The second kappa shape index (κ2) is 7.96. The largest absolute Gasteiger partial charge is 0.370 e. The van der Waals surface area contributed by atoms with Crippen LogP contribution in [0.25, 0.3) is 39.1 Å². The third-order valence-corrected chi connectivity index (χ3v) is 6.56. The Balaban J connectivity index is 1.62. The van der Waals surface area contributed by atoms with Crippen LogP contribution in [0, 0.1) is 17.1 Å². The Morgan fingerprint density at radius 3 is 2.68 bits per heavy atom. The minimum Gasteiger partial charge on any atom is -0.370 e. The van der Waals surface area contributed by atoms with Crippen LogP contribution in [0.5, 0.6) is 0 Å². The normalized spacial score (nSPS) is 14.1. The molecule has 1 saturated heterocycles. The zero-order chi connectivity index (χ0) is 23.2. The highest BCUT2D eigenvalue weighted by molar-refractivity contribution is 5.91. The van der Waals surface area contributed by atoms with E-state index in [9.17, 15) is 9.65 Å². The SMILES string of the molecule is Cn1ncc2cc(-n3c(-c4ccc(C#N)c(F)c4)nc4c(N5CCCCC5)ccnc43)ccc21. The van der Waals surface area contributed by atoms with Crippen LogP contribution < -0.4 is 4.90 Å². The second-order valence-corrected chi connectivity index (χ2v) is 8.64.